The van der Waals surface area contributed by atoms with E-state index in [1.54, 1.807) is 0 Å². The lowest BCUT2D eigenvalue weighted by atomic mass is 10.2. The van der Waals surface area contributed by atoms with Crippen LogP contribution in [0.15, 0.2) is 0 Å². The molecule has 0 aliphatic carbocycles. The molecule has 0 aromatic heterocycles. The Bertz CT molecular complexity index is 351. The molecule has 0 spiro atoms. The van der Waals surface area contributed by atoms with E-state index in [-0.39, 0.29) is 0 Å². The summed E-state index contributed by atoms with van der Waals surface area (Å²) < 4.78 is 41.9. The smallest absolute Gasteiger partial charge is 0.210 e. The Labute approximate surface area is 72.9 Å². The fourth-order valence-electron chi connectivity index (χ4n) is 0.592. The summed E-state index contributed by atoms with van der Waals surface area (Å²) in [6, 6.07) is 0. The largest absolute Gasteiger partial charge is 0.229 e. The molecule has 0 bridgehead atoms. The molecule has 0 fully saturated rings. The molecule has 0 amide bonds. The molecule has 0 unspecified atom stereocenters. The second-order valence-corrected chi connectivity index (χ2v) is 7.60. The highest BCUT2D eigenvalue weighted by atomic mass is 32.2. The fraction of sp³-hybridized carbons (Fsp3) is 1.00. The molecule has 0 radical (unpaired) electrons. The van der Waals surface area contributed by atoms with Crippen LogP contribution >= 0.6 is 0 Å². The van der Waals surface area contributed by atoms with E-state index < -0.39 is 30.4 Å². The number of primary sulfonamides is 1. The van der Waals surface area contributed by atoms with Gasteiger partial charge in [0, 0.05) is 6.26 Å². The quantitative estimate of drug-likeness (QED) is 0.660. The van der Waals surface area contributed by atoms with Gasteiger partial charge in [-0.2, -0.15) is 0 Å². The Morgan fingerprint density at radius 2 is 1.50 bits per heavy atom. The summed E-state index contributed by atoms with van der Waals surface area (Å²) in [6.45, 7) is 2.65. The minimum Gasteiger partial charge on any atom is -0.229 e. The zero-order chi connectivity index (χ0) is 10.2. The van der Waals surface area contributed by atoms with Gasteiger partial charge < -0.3 is 0 Å². The number of sulfonamides is 1. The van der Waals surface area contributed by atoms with E-state index in [1.165, 1.54) is 13.8 Å². The summed E-state index contributed by atoms with van der Waals surface area (Å²) in [6.07, 6.45) is 0.984. The van der Waals surface area contributed by atoms with Gasteiger partial charge in [-0.25, -0.2) is 22.0 Å². The summed E-state index contributed by atoms with van der Waals surface area (Å²) in [5, 5.41) is 4.73. The van der Waals surface area contributed by atoms with E-state index in [1.807, 2.05) is 0 Å². The lowest BCUT2D eigenvalue weighted by Gasteiger charge is -2.20. The van der Waals surface area contributed by atoms with E-state index in [0.29, 0.717) is 0 Å². The maximum Gasteiger partial charge on any atom is 0.210 e. The maximum absolute atomic E-state index is 11.0. The first-order valence-electron chi connectivity index (χ1n) is 3.16. The van der Waals surface area contributed by atoms with Crippen molar-refractivity contribution in [1.82, 2.24) is 0 Å². The van der Waals surface area contributed by atoms with E-state index in [4.69, 9.17) is 5.14 Å². The van der Waals surface area contributed by atoms with Crippen LogP contribution in [-0.2, 0) is 19.9 Å². The van der Waals surface area contributed by atoms with Gasteiger partial charge in [0.25, 0.3) is 0 Å². The minimum atomic E-state index is -3.74. The van der Waals surface area contributed by atoms with Crippen LogP contribution in [0.3, 0.4) is 0 Å². The normalized spacial score (nSPS) is 14.7. The molecule has 0 aromatic carbocycles. The van der Waals surface area contributed by atoms with Crippen LogP contribution in [0.5, 0.6) is 0 Å². The molecule has 2 N–H and O–H groups in total. The summed E-state index contributed by atoms with van der Waals surface area (Å²) in [5.74, 6) is -0.557. The average Bonchev–Trinajstić information content (AvgIpc) is 1.52. The molecular formula is C5H13NO4S2. The van der Waals surface area contributed by atoms with Gasteiger partial charge in [0.2, 0.25) is 10.0 Å². The molecule has 74 valence electrons. The third kappa shape index (κ3) is 3.51. The summed E-state index contributed by atoms with van der Waals surface area (Å²) in [7, 11) is -7.14. The standard InChI is InChI=1S/C5H13NO4S2/c1-5(2,11(3,7)8)4-12(6,9)10/h4H2,1-3H3,(H2,6,9,10). The molecule has 0 heterocycles. The molecular weight excluding hydrogens is 202 g/mol. The van der Waals surface area contributed by atoms with Crippen molar-refractivity contribution < 1.29 is 16.8 Å². The number of sulfone groups is 1. The lowest BCUT2D eigenvalue weighted by Crippen LogP contribution is -2.40. The number of rotatable bonds is 3. The van der Waals surface area contributed by atoms with Crippen LogP contribution in [0.2, 0.25) is 0 Å². The topological polar surface area (TPSA) is 94.3 Å². The summed E-state index contributed by atoms with van der Waals surface area (Å²) >= 11 is 0. The van der Waals surface area contributed by atoms with Gasteiger partial charge in [0.15, 0.2) is 9.84 Å². The number of nitrogens with two attached hydrogens (primary N) is 1. The second kappa shape index (κ2) is 2.97. The maximum atomic E-state index is 11.0. The molecule has 0 aromatic rings. The van der Waals surface area contributed by atoms with Crippen molar-refractivity contribution in [2.24, 2.45) is 5.14 Å². The second-order valence-electron chi connectivity index (χ2n) is 3.34. The predicted octanol–water partition coefficient (Wildman–Crippen LogP) is -0.902. The van der Waals surface area contributed by atoms with Gasteiger partial charge in [0.1, 0.15) is 0 Å². The van der Waals surface area contributed by atoms with E-state index in [2.05, 4.69) is 0 Å². The first-order valence-corrected chi connectivity index (χ1v) is 6.76. The van der Waals surface area contributed by atoms with Crippen LogP contribution in [0.4, 0.5) is 0 Å². The molecule has 7 heteroatoms. The Balaban J connectivity index is 4.94. The molecule has 12 heavy (non-hydrogen) atoms. The number of hydrogen-bond acceptors (Lipinski definition) is 4. The lowest BCUT2D eigenvalue weighted by molar-refractivity contribution is 0.554. The monoisotopic (exact) mass is 215 g/mol. The highest BCUT2D eigenvalue weighted by molar-refractivity contribution is 7.94. The Morgan fingerprint density at radius 1 is 1.17 bits per heavy atom. The van der Waals surface area contributed by atoms with Crippen LogP contribution in [0.1, 0.15) is 13.8 Å². The third-order valence-corrected chi connectivity index (χ3v) is 5.01. The Kier molecular flexibility index (Phi) is 2.93. The number of hydrogen-bond donors (Lipinski definition) is 1. The Hall–Kier alpha value is -0.140. The molecule has 0 saturated heterocycles. The Morgan fingerprint density at radius 3 is 1.58 bits per heavy atom. The SMILES string of the molecule is CC(C)(CS(N)(=O)=O)S(C)(=O)=O. The molecule has 0 saturated carbocycles. The van der Waals surface area contributed by atoms with Gasteiger partial charge in [0.05, 0.1) is 10.5 Å². The molecule has 5 nitrogen and oxygen atoms in total. The van der Waals surface area contributed by atoms with Crippen molar-refractivity contribution in [3.8, 4) is 0 Å². The van der Waals surface area contributed by atoms with Gasteiger partial charge >= 0.3 is 0 Å². The van der Waals surface area contributed by atoms with Crippen molar-refractivity contribution in [2.45, 2.75) is 18.6 Å². The molecule has 0 aliphatic rings. The van der Waals surface area contributed by atoms with Crippen LogP contribution < -0.4 is 5.14 Å². The third-order valence-electron chi connectivity index (χ3n) is 1.55. The van der Waals surface area contributed by atoms with Crippen molar-refractivity contribution >= 4 is 19.9 Å². The zero-order valence-electron chi connectivity index (χ0n) is 7.23. The highest BCUT2D eigenvalue weighted by Gasteiger charge is 2.34. The van der Waals surface area contributed by atoms with Gasteiger partial charge in [-0.05, 0) is 13.8 Å². The summed E-state index contributed by atoms with van der Waals surface area (Å²) in [4.78, 5) is 0. The zero-order valence-corrected chi connectivity index (χ0v) is 8.87. The molecule has 0 atom stereocenters. The predicted molar refractivity (Wildman–Crippen MR) is 46.9 cm³/mol. The van der Waals surface area contributed by atoms with Crippen molar-refractivity contribution in [2.75, 3.05) is 12.0 Å². The van der Waals surface area contributed by atoms with E-state index >= 15 is 0 Å². The minimum absolute atomic E-state index is 0.557. The average molecular weight is 215 g/mol. The van der Waals surface area contributed by atoms with E-state index in [0.717, 1.165) is 6.26 Å². The van der Waals surface area contributed by atoms with Crippen molar-refractivity contribution in [1.29, 1.82) is 0 Å². The van der Waals surface area contributed by atoms with Crippen molar-refractivity contribution in [3.05, 3.63) is 0 Å². The van der Waals surface area contributed by atoms with Gasteiger partial charge in [-0.3, -0.25) is 0 Å². The van der Waals surface area contributed by atoms with E-state index in [9.17, 15) is 16.8 Å². The van der Waals surface area contributed by atoms with Crippen LogP contribution in [0, 0.1) is 0 Å². The van der Waals surface area contributed by atoms with Gasteiger partial charge in [-0.15, -0.1) is 0 Å². The fourth-order valence-corrected chi connectivity index (χ4v) is 2.91. The molecule has 0 aliphatic heterocycles. The first-order chi connectivity index (χ1) is 4.96. The van der Waals surface area contributed by atoms with Crippen LogP contribution in [-0.4, -0.2) is 33.6 Å². The highest BCUT2D eigenvalue weighted by Crippen LogP contribution is 2.16. The van der Waals surface area contributed by atoms with Gasteiger partial charge in [-0.1, -0.05) is 0 Å². The summed E-state index contributed by atoms with van der Waals surface area (Å²) in [5.41, 5.74) is 0. The van der Waals surface area contributed by atoms with Crippen molar-refractivity contribution in [3.63, 3.8) is 0 Å². The molecule has 0 rings (SSSR count). The first kappa shape index (κ1) is 11.9. The van der Waals surface area contributed by atoms with Crippen LogP contribution in [0.25, 0.3) is 0 Å².